The highest BCUT2D eigenvalue weighted by molar-refractivity contribution is 5.85. The first-order valence-corrected chi connectivity index (χ1v) is 9.06. The van der Waals surface area contributed by atoms with Crippen molar-refractivity contribution in [1.29, 1.82) is 0 Å². The minimum absolute atomic E-state index is 0.813. The van der Waals surface area contributed by atoms with Gasteiger partial charge in [0.05, 0.1) is 13.2 Å². The van der Waals surface area contributed by atoms with E-state index in [4.69, 9.17) is 4.74 Å². The third-order valence-corrected chi connectivity index (χ3v) is 5.01. The van der Waals surface area contributed by atoms with E-state index in [0.29, 0.717) is 0 Å². The number of rotatable bonds is 4. The molecule has 0 bridgehead atoms. The van der Waals surface area contributed by atoms with Crippen molar-refractivity contribution in [2.45, 2.75) is 19.8 Å². The van der Waals surface area contributed by atoms with Crippen LogP contribution in [0.1, 0.15) is 16.8 Å². The quantitative estimate of drug-likeness (QED) is 0.717. The second-order valence-corrected chi connectivity index (χ2v) is 6.70. The number of benzene rings is 2. The zero-order chi connectivity index (χ0) is 17.1. The Morgan fingerprint density at radius 3 is 2.68 bits per heavy atom. The highest BCUT2D eigenvalue weighted by atomic mass is 16.5. The Labute approximate surface area is 149 Å². The van der Waals surface area contributed by atoms with E-state index in [2.05, 4.69) is 65.3 Å². The van der Waals surface area contributed by atoms with Crippen LogP contribution in [0.3, 0.4) is 0 Å². The maximum absolute atomic E-state index is 5.48. The standard InChI is InChI=1S/C22H24N2O/c1-17-16-23-20(15-22(17)24-11-13-25-14-12-24)10-9-19-7-4-6-18-5-2-3-8-21(18)19/h2-8,15-16H,9-14H2,1H3. The molecule has 0 atom stereocenters. The molecule has 0 N–H and O–H groups in total. The number of aryl methyl sites for hydroxylation is 3. The molecular formula is C22H24N2O. The Bertz CT molecular complexity index is 864. The summed E-state index contributed by atoms with van der Waals surface area (Å²) < 4.78 is 5.48. The lowest BCUT2D eigenvalue weighted by Gasteiger charge is -2.30. The van der Waals surface area contributed by atoms with Crippen molar-refractivity contribution in [2.75, 3.05) is 31.2 Å². The van der Waals surface area contributed by atoms with Crippen LogP contribution < -0.4 is 4.90 Å². The molecule has 1 saturated heterocycles. The molecule has 2 heterocycles. The summed E-state index contributed by atoms with van der Waals surface area (Å²) in [5.41, 5.74) is 5.12. The van der Waals surface area contributed by atoms with Gasteiger partial charge in [0.25, 0.3) is 0 Å². The van der Waals surface area contributed by atoms with Crippen LogP contribution in [0.2, 0.25) is 0 Å². The van der Waals surface area contributed by atoms with Gasteiger partial charge in [-0.2, -0.15) is 0 Å². The Balaban J connectivity index is 1.54. The largest absolute Gasteiger partial charge is 0.378 e. The molecule has 0 saturated carbocycles. The molecular weight excluding hydrogens is 308 g/mol. The van der Waals surface area contributed by atoms with E-state index in [1.54, 1.807) is 0 Å². The maximum Gasteiger partial charge on any atom is 0.0642 e. The maximum atomic E-state index is 5.48. The molecule has 3 aromatic rings. The SMILES string of the molecule is Cc1cnc(CCc2cccc3ccccc23)cc1N1CCOCC1. The van der Waals surface area contributed by atoms with Crippen LogP contribution in [0.25, 0.3) is 10.8 Å². The fourth-order valence-electron chi connectivity index (χ4n) is 3.61. The third-order valence-electron chi connectivity index (χ3n) is 5.01. The number of fused-ring (bicyclic) bond motifs is 1. The van der Waals surface area contributed by atoms with Crippen molar-refractivity contribution >= 4 is 16.5 Å². The first kappa shape index (κ1) is 16.1. The molecule has 0 radical (unpaired) electrons. The Morgan fingerprint density at radius 1 is 1.00 bits per heavy atom. The number of hydrogen-bond acceptors (Lipinski definition) is 3. The zero-order valence-electron chi connectivity index (χ0n) is 14.7. The van der Waals surface area contributed by atoms with Crippen LogP contribution >= 0.6 is 0 Å². The molecule has 0 amide bonds. The van der Waals surface area contributed by atoms with E-state index in [1.807, 2.05) is 6.20 Å². The summed E-state index contributed by atoms with van der Waals surface area (Å²) in [7, 11) is 0. The summed E-state index contributed by atoms with van der Waals surface area (Å²) in [6.07, 6.45) is 3.99. The van der Waals surface area contributed by atoms with Gasteiger partial charge in [-0.05, 0) is 47.7 Å². The molecule has 1 aliphatic rings. The van der Waals surface area contributed by atoms with Gasteiger partial charge < -0.3 is 9.64 Å². The molecule has 0 unspecified atom stereocenters. The van der Waals surface area contributed by atoms with E-state index >= 15 is 0 Å². The smallest absolute Gasteiger partial charge is 0.0642 e. The van der Waals surface area contributed by atoms with E-state index in [0.717, 1.165) is 39.1 Å². The molecule has 128 valence electrons. The molecule has 0 spiro atoms. The van der Waals surface area contributed by atoms with Gasteiger partial charge in [0.1, 0.15) is 0 Å². The van der Waals surface area contributed by atoms with Crippen molar-refractivity contribution in [3.63, 3.8) is 0 Å². The zero-order valence-corrected chi connectivity index (χ0v) is 14.7. The molecule has 1 aliphatic heterocycles. The number of ether oxygens (including phenoxy) is 1. The number of anilines is 1. The van der Waals surface area contributed by atoms with Gasteiger partial charge in [0.15, 0.2) is 0 Å². The fourth-order valence-corrected chi connectivity index (χ4v) is 3.61. The molecule has 3 heteroatoms. The van der Waals surface area contributed by atoms with E-state index < -0.39 is 0 Å². The summed E-state index contributed by atoms with van der Waals surface area (Å²) in [6, 6.07) is 17.4. The number of pyridine rings is 1. The second kappa shape index (κ2) is 7.24. The van der Waals surface area contributed by atoms with Crippen LogP contribution in [0.15, 0.2) is 54.7 Å². The number of morpholine rings is 1. The van der Waals surface area contributed by atoms with Crippen LogP contribution in [0.5, 0.6) is 0 Å². The van der Waals surface area contributed by atoms with Gasteiger partial charge in [-0.1, -0.05) is 42.5 Å². The number of nitrogens with zero attached hydrogens (tertiary/aromatic N) is 2. The fraction of sp³-hybridized carbons (Fsp3) is 0.318. The Hall–Kier alpha value is -2.39. The first-order chi connectivity index (χ1) is 12.3. The molecule has 25 heavy (non-hydrogen) atoms. The van der Waals surface area contributed by atoms with E-state index in [9.17, 15) is 0 Å². The van der Waals surface area contributed by atoms with Crippen LogP contribution in [0, 0.1) is 6.92 Å². The van der Waals surface area contributed by atoms with Crippen LogP contribution in [-0.4, -0.2) is 31.3 Å². The lowest BCUT2D eigenvalue weighted by Crippen LogP contribution is -2.36. The van der Waals surface area contributed by atoms with Gasteiger partial charge in [-0.3, -0.25) is 4.98 Å². The Kier molecular flexibility index (Phi) is 4.66. The molecule has 2 aromatic carbocycles. The molecule has 0 aliphatic carbocycles. The lowest BCUT2D eigenvalue weighted by molar-refractivity contribution is 0.122. The van der Waals surface area contributed by atoms with Gasteiger partial charge in [-0.25, -0.2) is 0 Å². The van der Waals surface area contributed by atoms with Gasteiger partial charge >= 0.3 is 0 Å². The van der Waals surface area contributed by atoms with Crippen molar-refractivity contribution < 1.29 is 4.74 Å². The highest BCUT2D eigenvalue weighted by Crippen LogP contribution is 2.23. The number of aromatic nitrogens is 1. The second-order valence-electron chi connectivity index (χ2n) is 6.70. The first-order valence-electron chi connectivity index (χ1n) is 9.06. The average molecular weight is 332 g/mol. The predicted octanol–water partition coefficient (Wildman–Crippen LogP) is 4.17. The van der Waals surface area contributed by atoms with Gasteiger partial charge in [0.2, 0.25) is 0 Å². The monoisotopic (exact) mass is 332 g/mol. The highest BCUT2D eigenvalue weighted by Gasteiger charge is 2.14. The summed E-state index contributed by atoms with van der Waals surface area (Å²) in [5, 5.41) is 2.66. The Morgan fingerprint density at radius 2 is 1.80 bits per heavy atom. The van der Waals surface area contributed by atoms with Crippen LogP contribution in [0.4, 0.5) is 5.69 Å². The predicted molar refractivity (Wildman–Crippen MR) is 103 cm³/mol. The normalized spacial score (nSPS) is 14.8. The van der Waals surface area contributed by atoms with E-state index in [1.165, 1.54) is 33.3 Å². The topological polar surface area (TPSA) is 25.4 Å². The lowest BCUT2D eigenvalue weighted by atomic mass is 10.00. The summed E-state index contributed by atoms with van der Waals surface area (Å²) in [4.78, 5) is 7.09. The summed E-state index contributed by atoms with van der Waals surface area (Å²) in [5.74, 6) is 0. The van der Waals surface area contributed by atoms with Gasteiger partial charge in [0, 0.05) is 30.7 Å². The molecule has 4 rings (SSSR count). The summed E-state index contributed by atoms with van der Waals surface area (Å²) in [6.45, 7) is 5.70. The van der Waals surface area contributed by atoms with Crippen molar-refractivity contribution in [2.24, 2.45) is 0 Å². The molecule has 3 nitrogen and oxygen atoms in total. The third kappa shape index (κ3) is 3.52. The van der Waals surface area contributed by atoms with Crippen LogP contribution in [-0.2, 0) is 17.6 Å². The molecule has 1 fully saturated rings. The van der Waals surface area contributed by atoms with E-state index in [-0.39, 0.29) is 0 Å². The van der Waals surface area contributed by atoms with Crippen molar-refractivity contribution in [3.05, 3.63) is 71.5 Å². The minimum Gasteiger partial charge on any atom is -0.378 e. The van der Waals surface area contributed by atoms with Crippen molar-refractivity contribution in [1.82, 2.24) is 4.98 Å². The average Bonchev–Trinajstić information content (AvgIpc) is 2.68. The number of hydrogen-bond donors (Lipinski definition) is 0. The van der Waals surface area contributed by atoms with Crippen molar-refractivity contribution in [3.8, 4) is 0 Å². The summed E-state index contributed by atoms with van der Waals surface area (Å²) >= 11 is 0. The minimum atomic E-state index is 0.813. The van der Waals surface area contributed by atoms with Gasteiger partial charge in [-0.15, -0.1) is 0 Å². The molecule has 1 aromatic heterocycles.